The second-order valence-electron chi connectivity index (χ2n) is 5.82. The number of ether oxygens (including phenoxy) is 2. The number of nitrogens with one attached hydrogen (secondary N) is 1. The molecular formula is C16H23NO4. The highest BCUT2D eigenvalue weighted by atomic mass is 16.5. The first kappa shape index (κ1) is 15.6. The van der Waals surface area contributed by atoms with Gasteiger partial charge in [0.05, 0.1) is 7.11 Å². The van der Waals surface area contributed by atoms with Gasteiger partial charge in [-0.25, -0.2) is 0 Å². The Labute approximate surface area is 125 Å². The highest BCUT2D eigenvalue weighted by Gasteiger charge is 2.46. The van der Waals surface area contributed by atoms with Gasteiger partial charge in [0, 0.05) is 12.5 Å². The molecule has 0 saturated heterocycles. The van der Waals surface area contributed by atoms with Crippen molar-refractivity contribution in [1.29, 1.82) is 0 Å². The molecule has 2 N–H and O–H groups in total. The fraction of sp³-hybridized carbons (Fsp3) is 0.562. The van der Waals surface area contributed by atoms with Crippen molar-refractivity contribution in [3.8, 4) is 11.5 Å². The molecule has 0 aromatic heterocycles. The van der Waals surface area contributed by atoms with E-state index >= 15 is 0 Å². The van der Waals surface area contributed by atoms with Crippen LogP contribution in [-0.2, 0) is 4.79 Å². The number of rotatable bonds is 6. The van der Waals surface area contributed by atoms with Crippen molar-refractivity contribution < 1.29 is 19.4 Å². The summed E-state index contributed by atoms with van der Waals surface area (Å²) in [5, 5.41) is 12.7. The predicted molar refractivity (Wildman–Crippen MR) is 79.9 cm³/mol. The van der Waals surface area contributed by atoms with Gasteiger partial charge in [-0.15, -0.1) is 0 Å². The highest BCUT2D eigenvalue weighted by Crippen LogP contribution is 2.36. The van der Waals surface area contributed by atoms with E-state index in [0.29, 0.717) is 30.8 Å². The minimum absolute atomic E-state index is 0.117. The second-order valence-corrected chi connectivity index (χ2v) is 5.82. The maximum Gasteiger partial charge on any atom is 0.324 e. The molecule has 5 heteroatoms. The van der Waals surface area contributed by atoms with Crippen LogP contribution in [0.4, 0.5) is 0 Å². The van der Waals surface area contributed by atoms with Gasteiger partial charge in [-0.05, 0) is 38.8 Å². The van der Waals surface area contributed by atoms with Crippen molar-refractivity contribution in [2.24, 2.45) is 0 Å². The summed E-state index contributed by atoms with van der Waals surface area (Å²) in [4.78, 5) is 11.6. The standard InChI is InChI=1S/C16H23NO4/c1-11(2)17-16(15(18)19)9-8-12(10-16)21-14-7-5-4-6-13(14)20-3/h4-7,11-12,17H,8-10H2,1-3H3,(H,18,19). The van der Waals surface area contributed by atoms with Crippen LogP contribution in [0.3, 0.4) is 0 Å². The van der Waals surface area contributed by atoms with Crippen LogP contribution in [0.25, 0.3) is 0 Å². The first-order chi connectivity index (χ1) is 9.97. The van der Waals surface area contributed by atoms with Crippen LogP contribution in [0, 0.1) is 0 Å². The topological polar surface area (TPSA) is 67.8 Å². The van der Waals surface area contributed by atoms with E-state index in [9.17, 15) is 9.90 Å². The van der Waals surface area contributed by atoms with E-state index in [1.54, 1.807) is 7.11 Å². The fourth-order valence-corrected chi connectivity index (χ4v) is 2.94. The Morgan fingerprint density at radius 2 is 2.05 bits per heavy atom. The van der Waals surface area contributed by atoms with Crippen molar-refractivity contribution in [2.75, 3.05) is 7.11 Å². The van der Waals surface area contributed by atoms with Gasteiger partial charge in [-0.2, -0.15) is 0 Å². The molecule has 2 rings (SSSR count). The lowest BCUT2D eigenvalue weighted by Gasteiger charge is -2.28. The van der Waals surface area contributed by atoms with Crippen LogP contribution in [0.5, 0.6) is 11.5 Å². The molecular weight excluding hydrogens is 270 g/mol. The second kappa shape index (κ2) is 6.35. The van der Waals surface area contributed by atoms with E-state index in [1.807, 2.05) is 38.1 Å². The summed E-state index contributed by atoms with van der Waals surface area (Å²) in [7, 11) is 1.60. The lowest BCUT2D eigenvalue weighted by Crippen LogP contribution is -2.53. The summed E-state index contributed by atoms with van der Waals surface area (Å²) in [6, 6.07) is 7.55. The number of hydrogen-bond acceptors (Lipinski definition) is 4. The molecule has 0 radical (unpaired) electrons. The van der Waals surface area contributed by atoms with E-state index in [1.165, 1.54) is 0 Å². The number of benzene rings is 1. The molecule has 116 valence electrons. The van der Waals surface area contributed by atoms with Crippen LogP contribution in [0.2, 0.25) is 0 Å². The normalized spacial score (nSPS) is 25.0. The average Bonchev–Trinajstić information content (AvgIpc) is 2.83. The molecule has 1 fully saturated rings. The molecule has 0 bridgehead atoms. The van der Waals surface area contributed by atoms with Crippen LogP contribution in [0.1, 0.15) is 33.1 Å². The molecule has 5 nitrogen and oxygen atoms in total. The third-order valence-corrected chi connectivity index (χ3v) is 3.81. The number of aliphatic carboxylic acids is 1. The Bertz CT molecular complexity index is 503. The molecule has 2 atom stereocenters. The van der Waals surface area contributed by atoms with Gasteiger partial charge in [0.2, 0.25) is 0 Å². The molecule has 0 amide bonds. The zero-order valence-corrected chi connectivity index (χ0v) is 12.8. The first-order valence-electron chi connectivity index (χ1n) is 7.27. The van der Waals surface area contributed by atoms with Gasteiger partial charge >= 0.3 is 5.97 Å². The molecule has 1 aromatic rings. The molecule has 1 aliphatic carbocycles. The Morgan fingerprint density at radius 3 is 2.62 bits per heavy atom. The fourth-order valence-electron chi connectivity index (χ4n) is 2.94. The van der Waals surface area contributed by atoms with Crippen LogP contribution in [0.15, 0.2) is 24.3 Å². The van der Waals surface area contributed by atoms with E-state index in [4.69, 9.17) is 9.47 Å². The summed E-state index contributed by atoms with van der Waals surface area (Å²) in [6.07, 6.45) is 1.62. The van der Waals surface area contributed by atoms with Crippen molar-refractivity contribution in [1.82, 2.24) is 5.32 Å². The van der Waals surface area contributed by atoms with Crippen molar-refractivity contribution in [3.05, 3.63) is 24.3 Å². The first-order valence-corrected chi connectivity index (χ1v) is 7.27. The van der Waals surface area contributed by atoms with Gasteiger partial charge in [0.15, 0.2) is 11.5 Å². The Balaban J connectivity index is 2.09. The summed E-state index contributed by atoms with van der Waals surface area (Å²) < 4.78 is 11.2. The Morgan fingerprint density at radius 1 is 1.38 bits per heavy atom. The minimum atomic E-state index is -0.888. The smallest absolute Gasteiger partial charge is 0.324 e. The molecule has 2 unspecified atom stereocenters. The van der Waals surface area contributed by atoms with Crippen molar-refractivity contribution >= 4 is 5.97 Å². The number of para-hydroxylation sites is 2. The number of carboxylic acids is 1. The molecule has 0 spiro atoms. The number of methoxy groups -OCH3 is 1. The summed E-state index contributed by atoms with van der Waals surface area (Å²) >= 11 is 0. The SMILES string of the molecule is COc1ccccc1OC1CCC(NC(C)C)(C(=O)O)C1. The molecule has 21 heavy (non-hydrogen) atoms. The van der Waals surface area contributed by atoms with Crippen LogP contribution in [-0.4, -0.2) is 35.9 Å². The molecule has 0 aliphatic heterocycles. The number of hydrogen-bond donors (Lipinski definition) is 2. The zero-order valence-electron chi connectivity index (χ0n) is 12.8. The lowest BCUT2D eigenvalue weighted by atomic mass is 9.96. The van der Waals surface area contributed by atoms with E-state index in [0.717, 1.165) is 0 Å². The minimum Gasteiger partial charge on any atom is -0.493 e. The van der Waals surface area contributed by atoms with E-state index < -0.39 is 11.5 Å². The average molecular weight is 293 g/mol. The van der Waals surface area contributed by atoms with E-state index in [-0.39, 0.29) is 12.1 Å². The number of carbonyl (C=O) groups is 1. The Kier molecular flexibility index (Phi) is 4.73. The molecule has 0 heterocycles. The molecule has 1 aliphatic rings. The summed E-state index contributed by atoms with van der Waals surface area (Å²) in [5.74, 6) is 0.528. The zero-order chi connectivity index (χ0) is 15.5. The van der Waals surface area contributed by atoms with Gasteiger partial charge in [0.25, 0.3) is 0 Å². The largest absolute Gasteiger partial charge is 0.493 e. The van der Waals surface area contributed by atoms with Gasteiger partial charge in [-0.3, -0.25) is 10.1 Å². The third-order valence-electron chi connectivity index (χ3n) is 3.81. The van der Waals surface area contributed by atoms with Crippen molar-refractivity contribution in [2.45, 2.75) is 50.8 Å². The number of carboxylic acid groups (broad SMARTS) is 1. The monoisotopic (exact) mass is 293 g/mol. The Hall–Kier alpha value is -1.75. The van der Waals surface area contributed by atoms with Gasteiger partial charge < -0.3 is 14.6 Å². The molecule has 1 saturated carbocycles. The predicted octanol–water partition coefficient (Wildman–Crippen LogP) is 2.45. The van der Waals surface area contributed by atoms with Crippen LogP contribution >= 0.6 is 0 Å². The molecule has 1 aromatic carbocycles. The van der Waals surface area contributed by atoms with E-state index in [2.05, 4.69) is 5.32 Å². The maximum absolute atomic E-state index is 11.6. The summed E-state index contributed by atoms with van der Waals surface area (Å²) in [5.41, 5.74) is -0.888. The van der Waals surface area contributed by atoms with Gasteiger partial charge in [-0.1, -0.05) is 12.1 Å². The maximum atomic E-state index is 11.6. The third kappa shape index (κ3) is 3.47. The lowest BCUT2D eigenvalue weighted by molar-refractivity contribution is -0.145. The highest BCUT2D eigenvalue weighted by molar-refractivity contribution is 5.79. The summed E-state index contributed by atoms with van der Waals surface area (Å²) in [6.45, 7) is 3.91. The van der Waals surface area contributed by atoms with Crippen LogP contribution < -0.4 is 14.8 Å². The van der Waals surface area contributed by atoms with Crippen molar-refractivity contribution in [3.63, 3.8) is 0 Å². The quantitative estimate of drug-likeness (QED) is 0.843. The van der Waals surface area contributed by atoms with Gasteiger partial charge in [0.1, 0.15) is 11.6 Å².